The summed E-state index contributed by atoms with van der Waals surface area (Å²) in [4.78, 5) is 14.1. The molecule has 0 aromatic heterocycles. The highest BCUT2D eigenvalue weighted by molar-refractivity contribution is 7.90. The van der Waals surface area contributed by atoms with Crippen molar-refractivity contribution in [3.05, 3.63) is 52.5 Å². The molecule has 1 aliphatic heterocycles. The van der Waals surface area contributed by atoms with E-state index in [0.717, 1.165) is 5.56 Å². The van der Waals surface area contributed by atoms with Crippen molar-refractivity contribution < 1.29 is 17.9 Å². The van der Waals surface area contributed by atoms with Crippen molar-refractivity contribution in [2.75, 3.05) is 26.0 Å². The Bertz CT molecular complexity index is 1050. The number of amides is 1. The van der Waals surface area contributed by atoms with Gasteiger partial charge in [-0.1, -0.05) is 23.7 Å². The number of carbonyl (C=O) groups excluding carboxylic acids is 1. The van der Waals surface area contributed by atoms with Gasteiger partial charge in [0.15, 0.2) is 5.84 Å². The number of amidine groups is 1. The number of likely N-dealkylation sites (N-methyl/N-ethyl adjacent to an activating group) is 1. The zero-order valence-corrected chi connectivity index (χ0v) is 16.6. The van der Waals surface area contributed by atoms with Gasteiger partial charge in [0, 0.05) is 23.7 Å². The van der Waals surface area contributed by atoms with Crippen molar-refractivity contribution in [3.8, 4) is 5.75 Å². The third-order valence-electron chi connectivity index (χ3n) is 4.11. The number of anilines is 1. The van der Waals surface area contributed by atoms with E-state index < -0.39 is 10.0 Å². The highest BCUT2D eigenvalue weighted by atomic mass is 35.5. The Morgan fingerprint density at radius 1 is 1.30 bits per heavy atom. The summed E-state index contributed by atoms with van der Waals surface area (Å²) < 4.78 is 33.4. The highest BCUT2D eigenvalue weighted by Crippen LogP contribution is 2.31. The van der Waals surface area contributed by atoms with Gasteiger partial charge in [0.05, 0.1) is 19.3 Å². The number of benzene rings is 2. The fraction of sp³-hybridized carbons (Fsp3) is 0.222. The lowest BCUT2D eigenvalue weighted by Crippen LogP contribution is -2.35. The van der Waals surface area contributed by atoms with E-state index in [2.05, 4.69) is 9.71 Å². The smallest absolute Gasteiger partial charge is 0.285 e. The Kier molecular flexibility index (Phi) is 5.12. The molecule has 0 radical (unpaired) electrons. The highest BCUT2D eigenvalue weighted by Gasteiger charge is 2.31. The number of methoxy groups -OCH3 is 1. The monoisotopic (exact) mass is 407 g/mol. The number of aryl methyl sites for hydroxylation is 1. The molecule has 7 nitrogen and oxygen atoms in total. The van der Waals surface area contributed by atoms with E-state index >= 15 is 0 Å². The topological polar surface area (TPSA) is 88.1 Å². The molecule has 9 heteroatoms. The predicted octanol–water partition coefficient (Wildman–Crippen LogP) is 2.68. The van der Waals surface area contributed by atoms with Gasteiger partial charge in [-0.15, -0.1) is 4.40 Å². The van der Waals surface area contributed by atoms with Gasteiger partial charge in [-0.3, -0.25) is 4.79 Å². The van der Waals surface area contributed by atoms with Crippen LogP contribution in [0, 0.1) is 6.92 Å². The van der Waals surface area contributed by atoms with E-state index in [-0.39, 0.29) is 23.2 Å². The van der Waals surface area contributed by atoms with Crippen LogP contribution in [0.3, 0.4) is 0 Å². The Balaban J connectivity index is 1.79. The van der Waals surface area contributed by atoms with Crippen LogP contribution in [0.1, 0.15) is 11.1 Å². The van der Waals surface area contributed by atoms with E-state index in [4.69, 9.17) is 16.3 Å². The maximum atomic E-state index is 12.5. The molecule has 1 aliphatic rings. The van der Waals surface area contributed by atoms with Crippen molar-refractivity contribution >= 4 is 39.1 Å². The second kappa shape index (κ2) is 7.21. The van der Waals surface area contributed by atoms with Crippen LogP contribution in [-0.4, -0.2) is 45.8 Å². The van der Waals surface area contributed by atoms with Crippen LogP contribution < -0.4 is 10.1 Å². The molecule has 0 fully saturated rings. The van der Waals surface area contributed by atoms with Crippen LogP contribution >= 0.6 is 11.6 Å². The molecule has 0 saturated heterocycles. The lowest BCUT2D eigenvalue weighted by Gasteiger charge is -2.19. The van der Waals surface area contributed by atoms with Crippen molar-refractivity contribution in [3.63, 3.8) is 0 Å². The van der Waals surface area contributed by atoms with E-state index in [9.17, 15) is 13.2 Å². The van der Waals surface area contributed by atoms with Gasteiger partial charge in [0.2, 0.25) is 5.91 Å². The number of carbonyl (C=O) groups is 1. The largest absolute Gasteiger partial charge is 0.495 e. The SMILES string of the molecule is COc1cc(Cl)c(C)cc1NC(=O)CN(C)C1=NS(=O)(=O)c2ccccc21. The quantitative estimate of drug-likeness (QED) is 0.841. The van der Waals surface area contributed by atoms with Gasteiger partial charge in [-0.25, -0.2) is 0 Å². The van der Waals surface area contributed by atoms with Crippen LogP contribution in [0.25, 0.3) is 0 Å². The van der Waals surface area contributed by atoms with Crippen LogP contribution in [0.4, 0.5) is 5.69 Å². The molecule has 1 amide bonds. The molecule has 0 aliphatic carbocycles. The number of hydrogen-bond acceptors (Lipinski definition) is 5. The molecular formula is C18H18ClN3O4S. The maximum absolute atomic E-state index is 12.5. The molecule has 27 heavy (non-hydrogen) atoms. The van der Waals surface area contributed by atoms with Crippen LogP contribution in [0.15, 0.2) is 45.7 Å². The molecule has 1 heterocycles. The van der Waals surface area contributed by atoms with E-state index in [1.807, 2.05) is 6.92 Å². The Morgan fingerprint density at radius 2 is 2.00 bits per heavy atom. The number of ether oxygens (including phenoxy) is 1. The summed E-state index contributed by atoms with van der Waals surface area (Å²) in [6.45, 7) is 1.73. The number of nitrogens with zero attached hydrogens (tertiary/aromatic N) is 2. The third-order valence-corrected chi connectivity index (χ3v) is 5.84. The molecule has 2 aromatic carbocycles. The molecule has 142 valence electrons. The summed E-state index contributed by atoms with van der Waals surface area (Å²) in [5, 5.41) is 3.29. The number of nitrogens with one attached hydrogen (secondary N) is 1. The van der Waals surface area contributed by atoms with Gasteiger partial charge < -0.3 is 15.0 Å². The van der Waals surface area contributed by atoms with Crippen molar-refractivity contribution in [2.45, 2.75) is 11.8 Å². The molecule has 1 N–H and O–H groups in total. The average molecular weight is 408 g/mol. The Morgan fingerprint density at radius 3 is 2.70 bits per heavy atom. The second-order valence-corrected chi connectivity index (χ2v) is 8.07. The van der Waals surface area contributed by atoms with Crippen molar-refractivity contribution in [1.29, 1.82) is 0 Å². The number of halogens is 1. The number of rotatable bonds is 4. The van der Waals surface area contributed by atoms with Gasteiger partial charge in [0.1, 0.15) is 10.6 Å². The molecular weight excluding hydrogens is 390 g/mol. The van der Waals surface area contributed by atoms with E-state index in [1.54, 1.807) is 37.4 Å². The molecule has 0 spiro atoms. The lowest BCUT2D eigenvalue weighted by atomic mass is 10.2. The fourth-order valence-corrected chi connectivity index (χ4v) is 4.18. The van der Waals surface area contributed by atoms with Gasteiger partial charge in [0.25, 0.3) is 10.0 Å². The first kappa shape index (κ1) is 19.2. The predicted molar refractivity (Wildman–Crippen MR) is 104 cm³/mol. The fourth-order valence-electron chi connectivity index (χ4n) is 2.77. The van der Waals surface area contributed by atoms with E-state index in [1.165, 1.54) is 18.1 Å². The first-order valence-electron chi connectivity index (χ1n) is 8.02. The summed E-state index contributed by atoms with van der Waals surface area (Å²) in [5.74, 6) is 0.328. The lowest BCUT2D eigenvalue weighted by molar-refractivity contribution is -0.116. The minimum absolute atomic E-state index is 0.0898. The summed E-state index contributed by atoms with van der Waals surface area (Å²) >= 11 is 6.07. The molecule has 0 unspecified atom stereocenters. The molecule has 2 aromatic rings. The minimum Gasteiger partial charge on any atom is -0.495 e. The standard InChI is InChI=1S/C18H18ClN3O4S/c1-11-8-14(15(26-3)9-13(11)19)20-17(23)10-22(2)18-12-6-4-5-7-16(12)27(24,25)21-18/h4-9H,10H2,1-3H3,(H,20,23). The minimum atomic E-state index is -3.74. The summed E-state index contributed by atoms with van der Waals surface area (Å²) in [5.41, 5.74) is 1.76. The first-order chi connectivity index (χ1) is 12.7. The van der Waals surface area contributed by atoms with Gasteiger partial charge in [-0.05, 0) is 30.7 Å². The van der Waals surface area contributed by atoms with Crippen molar-refractivity contribution in [2.24, 2.45) is 4.40 Å². The van der Waals surface area contributed by atoms with Gasteiger partial charge in [-0.2, -0.15) is 8.42 Å². The Labute approximate surface area is 162 Å². The zero-order chi connectivity index (χ0) is 19.8. The third kappa shape index (κ3) is 3.77. The van der Waals surface area contributed by atoms with Gasteiger partial charge >= 0.3 is 0 Å². The van der Waals surface area contributed by atoms with Crippen LogP contribution in [-0.2, 0) is 14.8 Å². The molecule has 0 atom stereocenters. The number of hydrogen-bond donors (Lipinski definition) is 1. The van der Waals surface area contributed by atoms with Crippen LogP contribution in [0.2, 0.25) is 5.02 Å². The summed E-state index contributed by atoms with van der Waals surface area (Å²) in [6, 6.07) is 9.86. The normalized spacial score (nSPS) is 14.3. The Hall–Kier alpha value is -2.58. The zero-order valence-electron chi connectivity index (χ0n) is 15.0. The summed E-state index contributed by atoms with van der Waals surface area (Å²) in [6.07, 6.45) is 0. The van der Waals surface area contributed by atoms with Crippen LogP contribution in [0.5, 0.6) is 5.75 Å². The molecule has 0 saturated carbocycles. The van der Waals surface area contributed by atoms with E-state index in [0.29, 0.717) is 22.0 Å². The second-order valence-electron chi connectivity index (χ2n) is 6.09. The average Bonchev–Trinajstić information content (AvgIpc) is 2.89. The first-order valence-corrected chi connectivity index (χ1v) is 9.84. The summed E-state index contributed by atoms with van der Waals surface area (Å²) in [7, 11) is -0.640. The van der Waals surface area contributed by atoms with Crippen molar-refractivity contribution in [1.82, 2.24) is 4.90 Å². The number of sulfonamides is 1. The maximum Gasteiger partial charge on any atom is 0.285 e. The molecule has 0 bridgehead atoms. The number of fused-ring (bicyclic) bond motifs is 1. The molecule has 3 rings (SSSR count).